The van der Waals surface area contributed by atoms with Gasteiger partial charge in [-0.3, -0.25) is 4.79 Å². The molecule has 0 bridgehead atoms. The van der Waals surface area contributed by atoms with Crippen molar-refractivity contribution in [1.29, 1.82) is 0 Å². The Kier molecular flexibility index (Phi) is 8.56. The van der Waals surface area contributed by atoms with Crippen LogP contribution >= 0.6 is 23.7 Å². The SMILES string of the molecule is CCCC(C)(N)C(=O)NCCN(C)S(=O)(=O)c1cccs1.Cl. The van der Waals surface area contributed by atoms with Crippen molar-refractivity contribution in [3.63, 3.8) is 0 Å². The lowest BCUT2D eigenvalue weighted by molar-refractivity contribution is -0.126. The average molecular weight is 370 g/mol. The predicted octanol–water partition coefficient (Wildman–Crippen LogP) is 1.42. The van der Waals surface area contributed by atoms with Gasteiger partial charge in [0.15, 0.2) is 0 Å². The molecule has 128 valence electrons. The minimum atomic E-state index is -3.47. The highest BCUT2D eigenvalue weighted by Crippen LogP contribution is 2.19. The van der Waals surface area contributed by atoms with E-state index < -0.39 is 15.6 Å². The van der Waals surface area contributed by atoms with Gasteiger partial charge < -0.3 is 11.1 Å². The molecule has 0 saturated carbocycles. The molecule has 0 spiro atoms. The fourth-order valence-electron chi connectivity index (χ4n) is 1.85. The van der Waals surface area contributed by atoms with Crippen molar-refractivity contribution in [3.8, 4) is 0 Å². The Morgan fingerprint density at radius 1 is 1.50 bits per heavy atom. The lowest BCUT2D eigenvalue weighted by atomic mass is 9.97. The Hall–Kier alpha value is -0.670. The maximum Gasteiger partial charge on any atom is 0.252 e. The van der Waals surface area contributed by atoms with Gasteiger partial charge in [-0.25, -0.2) is 8.42 Å². The van der Waals surface area contributed by atoms with Crippen molar-refractivity contribution in [3.05, 3.63) is 17.5 Å². The molecule has 0 saturated heterocycles. The number of hydrogen-bond acceptors (Lipinski definition) is 5. The van der Waals surface area contributed by atoms with E-state index in [1.54, 1.807) is 24.4 Å². The Labute approximate surface area is 142 Å². The van der Waals surface area contributed by atoms with Crippen molar-refractivity contribution in [2.45, 2.75) is 36.4 Å². The summed E-state index contributed by atoms with van der Waals surface area (Å²) in [5.41, 5.74) is 4.99. The van der Waals surface area contributed by atoms with Crippen LogP contribution in [-0.4, -0.2) is 44.3 Å². The summed E-state index contributed by atoms with van der Waals surface area (Å²) in [7, 11) is -1.98. The molecule has 1 amide bonds. The molecule has 1 unspecified atom stereocenters. The van der Waals surface area contributed by atoms with Crippen LogP contribution in [0.2, 0.25) is 0 Å². The molecule has 1 aromatic heterocycles. The highest BCUT2D eigenvalue weighted by atomic mass is 35.5. The number of rotatable bonds is 8. The van der Waals surface area contributed by atoms with E-state index in [0.29, 0.717) is 10.6 Å². The maximum atomic E-state index is 12.2. The van der Waals surface area contributed by atoms with Crippen molar-refractivity contribution < 1.29 is 13.2 Å². The Morgan fingerprint density at radius 2 is 2.14 bits per heavy atom. The molecule has 1 heterocycles. The first-order chi connectivity index (χ1) is 9.71. The van der Waals surface area contributed by atoms with Gasteiger partial charge in [-0.2, -0.15) is 4.31 Å². The summed E-state index contributed by atoms with van der Waals surface area (Å²) >= 11 is 1.17. The first-order valence-corrected chi connectivity index (χ1v) is 9.11. The van der Waals surface area contributed by atoms with Crippen LogP contribution in [0.5, 0.6) is 0 Å². The number of nitrogens with two attached hydrogens (primary N) is 1. The highest BCUT2D eigenvalue weighted by molar-refractivity contribution is 7.91. The van der Waals surface area contributed by atoms with Crippen LogP contribution in [0.4, 0.5) is 0 Å². The van der Waals surface area contributed by atoms with E-state index in [1.165, 1.54) is 22.7 Å². The third-order valence-corrected chi connectivity index (χ3v) is 6.39. The molecule has 0 radical (unpaired) electrons. The fraction of sp³-hybridized carbons (Fsp3) is 0.615. The third kappa shape index (κ3) is 5.51. The largest absolute Gasteiger partial charge is 0.353 e. The summed E-state index contributed by atoms with van der Waals surface area (Å²) in [5.74, 6) is -0.258. The standard InChI is InChI=1S/C13H23N3O3S2.ClH/c1-4-7-13(2,14)12(17)15-8-9-16(3)21(18,19)11-6-5-10-20-11;/h5-6,10H,4,7-9,14H2,1-3H3,(H,15,17);1H. The number of nitrogens with one attached hydrogen (secondary N) is 1. The van der Waals surface area contributed by atoms with Crippen LogP contribution in [0.15, 0.2) is 21.7 Å². The predicted molar refractivity (Wildman–Crippen MR) is 91.9 cm³/mol. The number of carbonyl (C=O) groups excluding carboxylic acids is 1. The van der Waals surface area contributed by atoms with Gasteiger partial charge in [-0.1, -0.05) is 19.4 Å². The zero-order chi connectivity index (χ0) is 16.1. The van der Waals surface area contributed by atoms with E-state index in [1.807, 2.05) is 6.92 Å². The number of amides is 1. The molecule has 22 heavy (non-hydrogen) atoms. The Bertz CT molecular complexity index is 559. The van der Waals surface area contributed by atoms with Crippen LogP contribution in [0.3, 0.4) is 0 Å². The third-order valence-electron chi connectivity index (χ3n) is 3.16. The summed E-state index contributed by atoms with van der Waals surface area (Å²) in [4.78, 5) is 11.9. The molecular weight excluding hydrogens is 346 g/mol. The molecule has 6 nitrogen and oxygen atoms in total. The van der Waals surface area contributed by atoms with Gasteiger partial charge in [0.25, 0.3) is 10.0 Å². The molecule has 1 rings (SSSR count). The second kappa shape index (κ2) is 8.83. The Morgan fingerprint density at radius 3 is 2.64 bits per heavy atom. The van der Waals surface area contributed by atoms with Crippen LogP contribution < -0.4 is 11.1 Å². The van der Waals surface area contributed by atoms with Crippen molar-refractivity contribution in [2.75, 3.05) is 20.1 Å². The zero-order valence-electron chi connectivity index (χ0n) is 13.0. The summed E-state index contributed by atoms with van der Waals surface area (Å²) in [5, 5.41) is 4.40. The molecule has 1 atom stereocenters. The molecule has 0 aliphatic rings. The quantitative estimate of drug-likeness (QED) is 0.724. The van der Waals surface area contributed by atoms with E-state index in [4.69, 9.17) is 5.73 Å². The van der Waals surface area contributed by atoms with Gasteiger partial charge in [0, 0.05) is 20.1 Å². The van der Waals surface area contributed by atoms with Crippen molar-refractivity contribution >= 4 is 39.7 Å². The van der Waals surface area contributed by atoms with Crippen LogP contribution in [0.1, 0.15) is 26.7 Å². The lowest BCUT2D eigenvalue weighted by Crippen LogP contribution is -2.52. The second-order valence-electron chi connectivity index (χ2n) is 5.18. The van der Waals surface area contributed by atoms with Crippen molar-refractivity contribution in [2.24, 2.45) is 5.73 Å². The number of sulfonamides is 1. The molecule has 3 N–H and O–H groups in total. The zero-order valence-corrected chi connectivity index (χ0v) is 15.5. The Balaban J connectivity index is 0.00000441. The summed E-state index contributed by atoms with van der Waals surface area (Å²) in [6.45, 7) is 4.07. The van der Waals surface area contributed by atoms with Gasteiger partial charge in [0.1, 0.15) is 4.21 Å². The summed E-state index contributed by atoms with van der Waals surface area (Å²) in [6, 6.07) is 3.26. The molecule has 0 fully saturated rings. The smallest absolute Gasteiger partial charge is 0.252 e. The number of thiophene rings is 1. The first-order valence-electron chi connectivity index (χ1n) is 6.79. The minimum absolute atomic E-state index is 0. The highest BCUT2D eigenvalue weighted by Gasteiger charge is 2.27. The molecule has 0 aliphatic heterocycles. The molecule has 0 aromatic carbocycles. The van der Waals surface area contributed by atoms with E-state index in [-0.39, 0.29) is 31.4 Å². The molecule has 0 aliphatic carbocycles. The maximum absolute atomic E-state index is 12.2. The topological polar surface area (TPSA) is 92.5 Å². The fourth-order valence-corrected chi connectivity index (χ4v) is 4.22. The van der Waals surface area contributed by atoms with E-state index in [2.05, 4.69) is 5.32 Å². The van der Waals surface area contributed by atoms with E-state index in [9.17, 15) is 13.2 Å². The molecular formula is C13H24ClN3O3S2. The van der Waals surface area contributed by atoms with Gasteiger partial charge in [0.05, 0.1) is 5.54 Å². The van der Waals surface area contributed by atoms with E-state index in [0.717, 1.165) is 6.42 Å². The minimum Gasteiger partial charge on any atom is -0.353 e. The van der Waals surface area contributed by atoms with Gasteiger partial charge in [-0.05, 0) is 24.8 Å². The number of likely N-dealkylation sites (N-methyl/N-ethyl adjacent to an activating group) is 1. The van der Waals surface area contributed by atoms with Crippen molar-refractivity contribution in [1.82, 2.24) is 9.62 Å². The monoisotopic (exact) mass is 369 g/mol. The average Bonchev–Trinajstić information content (AvgIpc) is 2.92. The van der Waals surface area contributed by atoms with Crippen LogP contribution in [-0.2, 0) is 14.8 Å². The first kappa shape index (κ1) is 21.3. The summed E-state index contributed by atoms with van der Waals surface area (Å²) in [6.07, 6.45) is 1.40. The normalized spacial score (nSPS) is 14.2. The summed E-state index contributed by atoms with van der Waals surface area (Å²) < 4.78 is 25.9. The van der Waals surface area contributed by atoms with Crippen LogP contribution in [0.25, 0.3) is 0 Å². The lowest BCUT2D eigenvalue weighted by Gasteiger charge is -2.23. The van der Waals surface area contributed by atoms with Gasteiger partial charge in [0.2, 0.25) is 5.91 Å². The molecule has 1 aromatic rings. The number of halogens is 1. The number of nitrogens with zero attached hydrogens (tertiary/aromatic N) is 1. The van der Waals surface area contributed by atoms with Gasteiger partial charge in [-0.15, -0.1) is 23.7 Å². The number of hydrogen-bond donors (Lipinski definition) is 2. The van der Waals surface area contributed by atoms with E-state index >= 15 is 0 Å². The van der Waals surface area contributed by atoms with Crippen LogP contribution in [0, 0.1) is 0 Å². The number of carbonyl (C=O) groups is 1. The van der Waals surface area contributed by atoms with Gasteiger partial charge >= 0.3 is 0 Å². The molecule has 9 heteroatoms. The second-order valence-corrected chi connectivity index (χ2v) is 8.40.